The normalized spacial score (nSPS) is 25.4. The van der Waals surface area contributed by atoms with Crippen molar-refractivity contribution in [1.29, 1.82) is 0 Å². The minimum atomic E-state index is -3.06. The summed E-state index contributed by atoms with van der Waals surface area (Å²) in [6, 6.07) is 6.55. The van der Waals surface area contributed by atoms with Crippen LogP contribution in [-0.2, 0) is 14.3 Å². The molecular weight excluding hydrogens is 330 g/mol. The van der Waals surface area contributed by atoms with Crippen LogP contribution in [0.2, 0.25) is 0 Å². The van der Waals surface area contributed by atoms with E-state index in [9.17, 15) is 19.0 Å². The fourth-order valence-electron chi connectivity index (χ4n) is 3.16. The van der Waals surface area contributed by atoms with Crippen LogP contribution in [0.25, 0.3) is 0 Å². The summed E-state index contributed by atoms with van der Waals surface area (Å²) in [4.78, 5) is 14.4. The third-order valence-electron chi connectivity index (χ3n) is 4.61. The average Bonchev–Trinajstić information content (AvgIpc) is 2.50. The van der Waals surface area contributed by atoms with Crippen molar-refractivity contribution >= 4 is 16.6 Å². The Morgan fingerprint density at radius 2 is 1.96 bits per heavy atom. The van der Waals surface area contributed by atoms with E-state index in [1.165, 1.54) is 12.1 Å². The molecule has 1 fully saturated rings. The van der Waals surface area contributed by atoms with E-state index in [1.807, 2.05) is 13.8 Å². The summed E-state index contributed by atoms with van der Waals surface area (Å²) in [6.07, 6.45) is -0.100. The van der Waals surface area contributed by atoms with Gasteiger partial charge >= 0.3 is 5.97 Å². The van der Waals surface area contributed by atoms with Crippen molar-refractivity contribution in [3.05, 3.63) is 29.8 Å². The van der Waals surface area contributed by atoms with Crippen LogP contribution < -0.4 is 0 Å². The van der Waals surface area contributed by atoms with Crippen LogP contribution in [0.1, 0.15) is 32.8 Å². The Kier molecular flexibility index (Phi) is 5.80. The lowest BCUT2D eigenvalue weighted by molar-refractivity contribution is -0.144. The zero-order chi connectivity index (χ0) is 18.0. The Bertz CT molecular complexity index is 575. The van der Waals surface area contributed by atoms with Crippen molar-refractivity contribution in [1.82, 2.24) is 4.90 Å². The number of rotatable bonds is 5. The number of aromatic hydroxyl groups is 1. The predicted octanol–water partition coefficient (Wildman–Crippen LogP) is 3.02. The molecule has 6 nitrogen and oxygen atoms in total. The van der Waals surface area contributed by atoms with Crippen LogP contribution in [0.15, 0.2) is 24.3 Å². The summed E-state index contributed by atoms with van der Waals surface area (Å²) in [5, 5.41) is 9.56. The fourth-order valence-corrected chi connectivity index (χ4v) is 5.27. The lowest BCUT2D eigenvalue weighted by Gasteiger charge is -2.57. The molecular formula is C17H27NO5S. The molecule has 1 aromatic carbocycles. The van der Waals surface area contributed by atoms with E-state index in [0.717, 1.165) is 0 Å². The van der Waals surface area contributed by atoms with E-state index in [1.54, 1.807) is 19.1 Å². The van der Waals surface area contributed by atoms with E-state index in [-0.39, 0.29) is 30.6 Å². The quantitative estimate of drug-likeness (QED) is 0.702. The molecule has 0 spiro atoms. The topological polar surface area (TPSA) is 90.2 Å². The highest BCUT2D eigenvalue weighted by atomic mass is 32.3. The van der Waals surface area contributed by atoms with Gasteiger partial charge in [0.2, 0.25) is 0 Å². The van der Waals surface area contributed by atoms with Crippen LogP contribution in [0, 0.1) is 0 Å². The van der Waals surface area contributed by atoms with Crippen molar-refractivity contribution < 1.29 is 23.7 Å². The van der Waals surface area contributed by atoms with E-state index in [2.05, 4.69) is 4.90 Å². The molecule has 0 saturated carbocycles. The highest BCUT2D eigenvalue weighted by Gasteiger charge is 2.51. The smallest absolute Gasteiger partial charge is 0.308 e. The largest absolute Gasteiger partial charge is 0.508 e. The zero-order valence-electron chi connectivity index (χ0n) is 14.4. The molecule has 1 aromatic rings. The van der Waals surface area contributed by atoms with Gasteiger partial charge in [-0.3, -0.25) is 18.8 Å². The number of phenolic OH excluding ortho intramolecular Hbond substituents is 1. The molecule has 7 heteroatoms. The number of hydrogen-bond acceptors (Lipinski definition) is 6. The highest BCUT2D eigenvalue weighted by Crippen LogP contribution is 2.62. The Morgan fingerprint density at radius 3 is 2.50 bits per heavy atom. The molecule has 1 aliphatic rings. The van der Waals surface area contributed by atoms with Crippen molar-refractivity contribution in [2.24, 2.45) is 0 Å². The van der Waals surface area contributed by atoms with Crippen molar-refractivity contribution in [3.63, 3.8) is 0 Å². The number of carbonyl (C=O) groups excluding carboxylic acids is 1. The second-order valence-electron chi connectivity index (χ2n) is 6.46. The first-order valence-corrected chi connectivity index (χ1v) is 9.88. The fraction of sp³-hybridized carbons (Fsp3) is 0.588. The molecule has 136 valence electrons. The second-order valence-corrected chi connectivity index (χ2v) is 8.98. The summed E-state index contributed by atoms with van der Waals surface area (Å²) in [5.41, 5.74) is 0.638. The standard InChI is InChI=1S/C17H27NO5S/c1-4-23-16(20)11-17(14-5-7-15(19)8-6-14)12-18(13(2)3)9-10-24(17,21)22/h5-8,13,19,21-22H,4,9-12H2,1-3H3. The van der Waals surface area contributed by atoms with Gasteiger partial charge in [0.25, 0.3) is 0 Å². The van der Waals surface area contributed by atoms with Crippen LogP contribution in [0.3, 0.4) is 0 Å². The van der Waals surface area contributed by atoms with Gasteiger partial charge in [-0.2, -0.15) is 10.6 Å². The molecule has 1 unspecified atom stereocenters. The van der Waals surface area contributed by atoms with Gasteiger partial charge in [-0.1, -0.05) is 12.1 Å². The zero-order valence-corrected chi connectivity index (χ0v) is 15.3. The Morgan fingerprint density at radius 1 is 1.33 bits per heavy atom. The first kappa shape index (κ1) is 19.1. The average molecular weight is 357 g/mol. The first-order valence-electron chi connectivity index (χ1n) is 8.16. The third-order valence-corrected chi connectivity index (χ3v) is 7.12. The number of hydrogen-bond donors (Lipinski definition) is 3. The molecule has 0 bridgehead atoms. The Hall–Kier alpha value is -1.28. The molecule has 1 aliphatic heterocycles. The van der Waals surface area contributed by atoms with Gasteiger partial charge in [-0.15, -0.1) is 0 Å². The molecule has 2 rings (SSSR count). The number of phenols is 1. The summed E-state index contributed by atoms with van der Waals surface area (Å²) in [7, 11) is -3.06. The first-order chi connectivity index (χ1) is 11.2. The van der Waals surface area contributed by atoms with Crippen molar-refractivity contribution in [2.75, 3.05) is 25.4 Å². The summed E-state index contributed by atoms with van der Waals surface area (Å²) in [5.74, 6) is -0.139. The van der Waals surface area contributed by atoms with Gasteiger partial charge in [0.05, 0.1) is 18.8 Å². The third kappa shape index (κ3) is 3.69. The second kappa shape index (κ2) is 7.31. The lowest BCUT2D eigenvalue weighted by atomic mass is 9.93. The maximum atomic E-state index is 12.2. The summed E-state index contributed by atoms with van der Waals surface area (Å²) in [6.45, 7) is 6.99. The van der Waals surface area contributed by atoms with E-state index < -0.39 is 21.3 Å². The van der Waals surface area contributed by atoms with Gasteiger partial charge in [-0.05, 0) is 38.5 Å². The number of ether oxygens (including phenoxy) is 1. The molecule has 1 saturated heterocycles. The molecule has 0 radical (unpaired) electrons. The monoisotopic (exact) mass is 357 g/mol. The minimum absolute atomic E-state index is 0.0954. The number of benzene rings is 1. The SMILES string of the molecule is CCOC(=O)CC1(c2ccc(O)cc2)CN(C(C)C)CCS1(O)O. The predicted molar refractivity (Wildman–Crippen MR) is 95.5 cm³/mol. The van der Waals surface area contributed by atoms with E-state index in [0.29, 0.717) is 18.7 Å². The van der Waals surface area contributed by atoms with E-state index in [4.69, 9.17) is 4.74 Å². The van der Waals surface area contributed by atoms with Gasteiger partial charge in [0.15, 0.2) is 0 Å². The maximum absolute atomic E-state index is 12.2. The molecule has 1 heterocycles. The molecule has 0 amide bonds. The Balaban J connectivity index is 2.50. The van der Waals surface area contributed by atoms with Crippen LogP contribution in [0.4, 0.5) is 0 Å². The lowest BCUT2D eigenvalue weighted by Crippen LogP contribution is -2.54. The van der Waals surface area contributed by atoms with Gasteiger partial charge < -0.3 is 9.84 Å². The van der Waals surface area contributed by atoms with Crippen LogP contribution >= 0.6 is 10.6 Å². The molecule has 1 atom stereocenters. The number of esters is 1. The van der Waals surface area contributed by atoms with Crippen LogP contribution in [-0.4, -0.2) is 56.6 Å². The molecule has 0 aliphatic carbocycles. The van der Waals surface area contributed by atoms with E-state index >= 15 is 0 Å². The number of nitrogens with zero attached hydrogens (tertiary/aromatic N) is 1. The molecule has 3 N–H and O–H groups in total. The van der Waals surface area contributed by atoms with Crippen molar-refractivity contribution in [3.8, 4) is 5.75 Å². The molecule has 0 aromatic heterocycles. The van der Waals surface area contributed by atoms with Gasteiger partial charge in [0, 0.05) is 19.1 Å². The summed E-state index contributed by atoms with van der Waals surface area (Å²) < 4.78 is 25.7. The summed E-state index contributed by atoms with van der Waals surface area (Å²) >= 11 is 0. The van der Waals surface area contributed by atoms with Gasteiger partial charge in [0.1, 0.15) is 10.5 Å². The van der Waals surface area contributed by atoms with Gasteiger partial charge in [-0.25, -0.2) is 0 Å². The number of carbonyl (C=O) groups is 1. The highest BCUT2D eigenvalue weighted by molar-refractivity contribution is 8.25. The Labute approximate surface area is 144 Å². The molecule has 24 heavy (non-hydrogen) atoms. The minimum Gasteiger partial charge on any atom is -0.508 e. The van der Waals surface area contributed by atoms with Crippen LogP contribution in [0.5, 0.6) is 5.75 Å². The maximum Gasteiger partial charge on any atom is 0.308 e. The van der Waals surface area contributed by atoms with Crippen molar-refractivity contribution in [2.45, 2.75) is 38.0 Å².